The average molecular weight is 364 g/mol. The maximum absolute atomic E-state index is 12.6. The van der Waals surface area contributed by atoms with Crippen molar-refractivity contribution in [2.24, 2.45) is 0 Å². The number of ketones is 1. The molecular formula is C21H20N2O4. The highest BCUT2D eigenvalue weighted by Crippen LogP contribution is 2.15. The van der Waals surface area contributed by atoms with Crippen LogP contribution in [0.4, 0.5) is 0 Å². The number of fused-ring (bicyclic) bond motifs is 1. The van der Waals surface area contributed by atoms with E-state index in [1.165, 1.54) is 4.68 Å². The molecular weight excluding hydrogens is 344 g/mol. The van der Waals surface area contributed by atoms with E-state index in [0.29, 0.717) is 22.9 Å². The number of esters is 1. The van der Waals surface area contributed by atoms with E-state index < -0.39 is 5.97 Å². The van der Waals surface area contributed by atoms with E-state index >= 15 is 0 Å². The molecule has 0 fully saturated rings. The van der Waals surface area contributed by atoms with Gasteiger partial charge in [0.1, 0.15) is 0 Å². The summed E-state index contributed by atoms with van der Waals surface area (Å²) in [6.07, 6.45) is 0. The highest BCUT2D eigenvalue weighted by Gasteiger charge is 2.19. The third-order valence-corrected chi connectivity index (χ3v) is 4.38. The zero-order valence-corrected chi connectivity index (χ0v) is 15.5. The Kier molecular flexibility index (Phi) is 5.16. The van der Waals surface area contributed by atoms with Gasteiger partial charge in [-0.15, -0.1) is 0 Å². The van der Waals surface area contributed by atoms with Crippen molar-refractivity contribution >= 4 is 22.5 Å². The zero-order valence-electron chi connectivity index (χ0n) is 15.5. The van der Waals surface area contributed by atoms with Crippen LogP contribution in [0.1, 0.15) is 38.9 Å². The summed E-state index contributed by atoms with van der Waals surface area (Å²) in [6, 6.07) is 12.2. The molecule has 0 aliphatic rings. The fraction of sp³-hybridized carbons (Fsp3) is 0.238. The zero-order chi connectivity index (χ0) is 19.6. The van der Waals surface area contributed by atoms with E-state index in [9.17, 15) is 14.4 Å². The Bertz CT molecular complexity index is 1100. The minimum Gasteiger partial charge on any atom is -0.452 e. The molecule has 6 nitrogen and oxygen atoms in total. The van der Waals surface area contributed by atoms with E-state index in [4.69, 9.17) is 4.74 Å². The number of rotatable bonds is 5. The first kappa shape index (κ1) is 18.5. The maximum Gasteiger partial charge on any atom is 0.359 e. The van der Waals surface area contributed by atoms with Gasteiger partial charge in [0.05, 0.1) is 5.39 Å². The number of aryl methyl sites for hydroxylation is 3. The van der Waals surface area contributed by atoms with E-state index in [2.05, 4.69) is 5.10 Å². The average Bonchev–Trinajstić information content (AvgIpc) is 2.66. The largest absolute Gasteiger partial charge is 0.452 e. The molecule has 0 saturated carbocycles. The van der Waals surface area contributed by atoms with Crippen molar-refractivity contribution in [1.82, 2.24) is 9.78 Å². The van der Waals surface area contributed by atoms with Crippen LogP contribution in [0.2, 0.25) is 0 Å². The SMILES string of the molecule is CCn1nc(C(=O)OCC(=O)c2ccc(C)cc2C)c2ccccc2c1=O. The van der Waals surface area contributed by atoms with Gasteiger partial charge in [-0.25, -0.2) is 9.48 Å². The molecule has 1 aromatic heterocycles. The number of carbonyl (C=O) groups is 2. The fourth-order valence-electron chi connectivity index (χ4n) is 3.00. The normalized spacial score (nSPS) is 10.8. The lowest BCUT2D eigenvalue weighted by Crippen LogP contribution is -2.26. The van der Waals surface area contributed by atoms with E-state index in [1.54, 1.807) is 37.3 Å². The molecule has 0 N–H and O–H groups in total. The Hall–Kier alpha value is -3.28. The smallest absolute Gasteiger partial charge is 0.359 e. The van der Waals surface area contributed by atoms with Crippen molar-refractivity contribution in [3.8, 4) is 0 Å². The third kappa shape index (κ3) is 3.65. The van der Waals surface area contributed by atoms with Crippen LogP contribution in [-0.4, -0.2) is 28.1 Å². The minimum atomic E-state index is -0.730. The second-order valence-electron chi connectivity index (χ2n) is 6.33. The molecule has 0 aliphatic carbocycles. The summed E-state index contributed by atoms with van der Waals surface area (Å²) < 4.78 is 6.42. The third-order valence-electron chi connectivity index (χ3n) is 4.38. The monoisotopic (exact) mass is 364 g/mol. The Balaban J connectivity index is 1.87. The molecule has 1 heterocycles. The first-order chi connectivity index (χ1) is 12.9. The van der Waals surface area contributed by atoms with Crippen LogP contribution in [-0.2, 0) is 11.3 Å². The molecule has 6 heteroatoms. The van der Waals surface area contributed by atoms with Gasteiger partial charge in [-0.1, -0.05) is 42.0 Å². The van der Waals surface area contributed by atoms with Crippen molar-refractivity contribution in [3.63, 3.8) is 0 Å². The molecule has 0 aliphatic heterocycles. The molecule has 0 radical (unpaired) electrons. The van der Waals surface area contributed by atoms with Crippen LogP contribution in [0.5, 0.6) is 0 Å². The van der Waals surface area contributed by atoms with Gasteiger partial charge in [-0.3, -0.25) is 9.59 Å². The Labute approximate surface area is 156 Å². The number of Topliss-reactive ketones (excluding diaryl/α,β-unsaturated/α-hetero) is 1. The Morgan fingerprint density at radius 3 is 2.44 bits per heavy atom. The summed E-state index contributed by atoms with van der Waals surface area (Å²) in [5.74, 6) is -1.01. The highest BCUT2D eigenvalue weighted by atomic mass is 16.5. The van der Waals surface area contributed by atoms with E-state index in [-0.39, 0.29) is 23.6 Å². The second kappa shape index (κ2) is 7.53. The van der Waals surface area contributed by atoms with Gasteiger partial charge in [0, 0.05) is 17.5 Å². The van der Waals surface area contributed by atoms with Gasteiger partial charge in [0.25, 0.3) is 5.56 Å². The first-order valence-electron chi connectivity index (χ1n) is 8.69. The van der Waals surface area contributed by atoms with Gasteiger partial charge >= 0.3 is 5.97 Å². The number of carbonyl (C=O) groups excluding carboxylic acids is 2. The number of hydrogen-bond acceptors (Lipinski definition) is 5. The highest BCUT2D eigenvalue weighted by molar-refractivity contribution is 6.04. The van der Waals surface area contributed by atoms with Crippen molar-refractivity contribution in [3.05, 3.63) is 75.2 Å². The quantitative estimate of drug-likeness (QED) is 0.513. The van der Waals surface area contributed by atoms with Crippen LogP contribution in [0, 0.1) is 13.8 Å². The Morgan fingerprint density at radius 2 is 1.78 bits per heavy atom. The molecule has 0 unspecified atom stereocenters. The molecule has 138 valence electrons. The molecule has 3 aromatic rings. The van der Waals surface area contributed by atoms with Crippen molar-refractivity contribution < 1.29 is 14.3 Å². The fourth-order valence-corrected chi connectivity index (χ4v) is 3.00. The second-order valence-corrected chi connectivity index (χ2v) is 6.33. The summed E-state index contributed by atoms with van der Waals surface area (Å²) in [7, 11) is 0. The molecule has 0 amide bonds. The van der Waals surface area contributed by atoms with Crippen molar-refractivity contribution in [2.45, 2.75) is 27.3 Å². The predicted octanol–water partition coefficient (Wildman–Crippen LogP) is 3.07. The summed E-state index contributed by atoms with van der Waals surface area (Å²) in [4.78, 5) is 37.3. The number of benzene rings is 2. The van der Waals surface area contributed by atoms with Gasteiger partial charge in [-0.05, 0) is 32.4 Å². The number of nitrogens with zero attached hydrogens (tertiary/aromatic N) is 2. The van der Waals surface area contributed by atoms with Gasteiger partial charge in [0.2, 0.25) is 5.78 Å². The number of ether oxygens (including phenoxy) is 1. The lowest BCUT2D eigenvalue weighted by molar-refractivity contribution is 0.0468. The van der Waals surface area contributed by atoms with Crippen LogP contribution in [0.15, 0.2) is 47.3 Å². The molecule has 27 heavy (non-hydrogen) atoms. The standard InChI is InChI=1S/C21H20N2O4/c1-4-23-20(25)17-8-6-5-7-16(17)19(22-23)21(26)27-12-18(24)15-10-9-13(2)11-14(15)3/h5-11H,4,12H2,1-3H3. The van der Waals surface area contributed by atoms with Crippen LogP contribution in [0.25, 0.3) is 10.8 Å². The van der Waals surface area contributed by atoms with Crippen LogP contribution < -0.4 is 5.56 Å². The van der Waals surface area contributed by atoms with Crippen LogP contribution in [0.3, 0.4) is 0 Å². The molecule has 0 saturated heterocycles. The lowest BCUT2D eigenvalue weighted by Gasteiger charge is -2.10. The summed E-state index contributed by atoms with van der Waals surface area (Å²) in [5.41, 5.74) is 2.17. The molecule has 0 bridgehead atoms. The predicted molar refractivity (Wildman–Crippen MR) is 102 cm³/mol. The van der Waals surface area contributed by atoms with Crippen molar-refractivity contribution in [2.75, 3.05) is 6.61 Å². The summed E-state index contributed by atoms with van der Waals surface area (Å²) in [5, 5.41) is 4.92. The first-order valence-corrected chi connectivity index (χ1v) is 8.69. The minimum absolute atomic E-state index is 0.0282. The molecule has 0 atom stereocenters. The van der Waals surface area contributed by atoms with Gasteiger partial charge < -0.3 is 4.74 Å². The topological polar surface area (TPSA) is 78.3 Å². The summed E-state index contributed by atoms with van der Waals surface area (Å²) in [6.45, 7) is 5.49. The van der Waals surface area contributed by atoms with Crippen LogP contribution >= 0.6 is 0 Å². The molecule has 2 aromatic carbocycles. The molecule has 3 rings (SSSR count). The number of hydrogen-bond donors (Lipinski definition) is 0. The van der Waals surface area contributed by atoms with Gasteiger partial charge in [0.15, 0.2) is 12.3 Å². The van der Waals surface area contributed by atoms with E-state index in [1.807, 2.05) is 26.0 Å². The number of aromatic nitrogens is 2. The summed E-state index contributed by atoms with van der Waals surface area (Å²) >= 11 is 0. The lowest BCUT2D eigenvalue weighted by atomic mass is 10.0. The molecule has 0 spiro atoms. The van der Waals surface area contributed by atoms with E-state index in [0.717, 1.165) is 11.1 Å². The van der Waals surface area contributed by atoms with Gasteiger partial charge in [-0.2, -0.15) is 5.10 Å². The Morgan fingerprint density at radius 1 is 1.07 bits per heavy atom. The van der Waals surface area contributed by atoms with Crippen molar-refractivity contribution in [1.29, 1.82) is 0 Å². The maximum atomic E-state index is 12.6.